The summed E-state index contributed by atoms with van der Waals surface area (Å²) in [5, 5.41) is 0. The number of aromatic nitrogens is 1. The molecule has 0 aliphatic carbocycles. The molecule has 0 aromatic carbocycles. The Morgan fingerprint density at radius 2 is 2.40 bits per heavy atom. The van der Waals surface area contributed by atoms with E-state index < -0.39 is 6.16 Å². The second kappa shape index (κ2) is 7.06. The summed E-state index contributed by atoms with van der Waals surface area (Å²) in [6.45, 7) is 0.207. The predicted molar refractivity (Wildman–Crippen MR) is 62.2 cm³/mol. The third-order valence-electron chi connectivity index (χ3n) is 1.41. The summed E-state index contributed by atoms with van der Waals surface area (Å²) >= 11 is 1.86. The highest BCUT2D eigenvalue weighted by Crippen LogP contribution is 1.99. The number of pyridine rings is 1. The molecular weight excluding hydrogens is 309 g/mol. The van der Waals surface area contributed by atoms with E-state index in [0.29, 0.717) is 0 Å². The largest absolute Gasteiger partial charge is 0.509 e. The molecule has 1 heterocycles. The van der Waals surface area contributed by atoms with Crippen LogP contribution in [0.2, 0.25) is 0 Å². The second-order valence-corrected chi connectivity index (χ2v) is 3.00. The molecule has 15 heavy (non-hydrogen) atoms. The van der Waals surface area contributed by atoms with Crippen LogP contribution in [-0.4, -0.2) is 17.7 Å². The molecule has 0 unspecified atom stereocenters. The highest BCUT2D eigenvalue weighted by atomic mass is 127. The first-order valence-electron chi connectivity index (χ1n) is 4.10. The standard InChI is InChI=1S/C10H8INO3/c11-4-2-6-14-10(13)15-8-9-3-1-5-12-7-9/h1,3,5,7H,6,8H2. The number of carbonyl (C=O) groups excluding carboxylic acids is 1. The molecule has 1 aromatic rings. The lowest BCUT2D eigenvalue weighted by molar-refractivity contribution is 0.0588. The number of nitrogens with zero attached hydrogens (tertiary/aromatic N) is 1. The van der Waals surface area contributed by atoms with Crippen LogP contribution in [0.3, 0.4) is 0 Å². The van der Waals surface area contributed by atoms with Crippen molar-refractivity contribution in [2.45, 2.75) is 6.61 Å². The number of carbonyl (C=O) groups is 1. The van der Waals surface area contributed by atoms with E-state index in [1.54, 1.807) is 18.5 Å². The molecule has 0 fully saturated rings. The lowest BCUT2D eigenvalue weighted by atomic mass is 10.3. The molecule has 0 spiro atoms. The monoisotopic (exact) mass is 317 g/mol. The Balaban J connectivity index is 2.24. The van der Waals surface area contributed by atoms with Gasteiger partial charge in [0.15, 0.2) is 6.61 Å². The van der Waals surface area contributed by atoms with Gasteiger partial charge in [0.25, 0.3) is 0 Å². The molecule has 1 aromatic heterocycles. The molecule has 0 saturated heterocycles. The number of rotatable bonds is 3. The molecule has 0 atom stereocenters. The van der Waals surface area contributed by atoms with Crippen molar-refractivity contribution in [3.05, 3.63) is 30.1 Å². The van der Waals surface area contributed by atoms with Gasteiger partial charge < -0.3 is 9.47 Å². The Bertz CT molecular complexity index is 369. The molecule has 1 rings (SSSR count). The maximum Gasteiger partial charge on any atom is 0.509 e. The van der Waals surface area contributed by atoms with Gasteiger partial charge in [-0.25, -0.2) is 4.79 Å². The molecule has 0 amide bonds. The van der Waals surface area contributed by atoms with E-state index in [2.05, 4.69) is 19.6 Å². The van der Waals surface area contributed by atoms with Crippen molar-refractivity contribution >= 4 is 28.7 Å². The molecular formula is C10H8INO3. The van der Waals surface area contributed by atoms with Crippen LogP contribution in [0.1, 0.15) is 5.56 Å². The van der Waals surface area contributed by atoms with Crippen LogP contribution in [0.4, 0.5) is 4.79 Å². The number of halogens is 1. The van der Waals surface area contributed by atoms with Crippen LogP contribution in [0.25, 0.3) is 0 Å². The summed E-state index contributed by atoms with van der Waals surface area (Å²) in [4.78, 5) is 14.8. The van der Waals surface area contributed by atoms with Crippen LogP contribution in [0, 0.1) is 9.85 Å². The number of ether oxygens (including phenoxy) is 2. The van der Waals surface area contributed by atoms with Gasteiger partial charge in [0, 0.05) is 40.5 Å². The van der Waals surface area contributed by atoms with E-state index in [9.17, 15) is 4.79 Å². The molecule has 0 aliphatic rings. The molecule has 0 saturated carbocycles. The lowest BCUT2D eigenvalue weighted by Crippen LogP contribution is -2.07. The van der Waals surface area contributed by atoms with Crippen molar-refractivity contribution in [3.8, 4) is 9.85 Å². The maximum absolute atomic E-state index is 11.0. The minimum atomic E-state index is -0.724. The first-order chi connectivity index (χ1) is 7.33. The van der Waals surface area contributed by atoms with Crippen LogP contribution < -0.4 is 0 Å². The summed E-state index contributed by atoms with van der Waals surface area (Å²) in [5.74, 6) is 2.58. The minimum Gasteiger partial charge on any atom is -0.429 e. The van der Waals surface area contributed by atoms with Crippen LogP contribution in [0.5, 0.6) is 0 Å². The topological polar surface area (TPSA) is 48.4 Å². The summed E-state index contributed by atoms with van der Waals surface area (Å²) in [7, 11) is 0. The zero-order chi connectivity index (χ0) is 10.9. The van der Waals surface area contributed by atoms with Crippen molar-refractivity contribution in [2.24, 2.45) is 0 Å². The zero-order valence-electron chi connectivity index (χ0n) is 7.77. The van der Waals surface area contributed by atoms with Crippen molar-refractivity contribution in [1.82, 2.24) is 4.98 Å². The first kappa shape index (κ1) is 11.8. The van der Waals surface area contributed by atoms with E-state index in [0.717, 1.165) is 5.56 Å². The molecule has 4 nitrogen and oxygen atoms in total. The van der Waals surface area contributed by atoms with Gasteiger partial charge in [0.2, 0.25) is 0 Å². The fourth-order valence-electron chi connectivity index (χ4n) is 0.790. The first-order valence-corrected chi connectivity index (χ1v) is 5.17. The fourth-order valence-corrected chi connectivity index (χ4v) is 0.945. The molecule has 0 N–H and O–H groups in total. The van der Waals surface area contributed by atoms with Crippen LogP contribution >= 0.6 is 22.6 Å². The highest BCUT2D eigenvalue weighted by molar-refractivity contribution is 14.1. The van der Waals surface area contributed by atoms with E-state index >= 15 is 0 Å². The average molecular weight is 317 g/mol. The maximum atomic E-state index is 11.0. The zero-order valence-corrected chi connectivity index (χ0v) is 9.93. The van der Waals surface area contributed by atoms with Crippen molar-refractivity contribution in [1.29, 1.82) is 0 Å². The second-order valence-electron chi connectivity index (χ2n) is 2.46. The Hall–Kier alpha value is -1.29. The van der Waals surface area contributed by atoms with Crippen LogP contribution in [-0.2, 0) is 16.1 Å². The van der Waals surface area contributed by atoms with Gasteiger partial charge in [-0.3, -0.25) is 4.98 Å². The number of hydrogen-bond donors (Lipinski definition) is 0. The van der Waals surface area contributed by atoms with Crippen LogP contribution in [0.15, 0.2) is 24.5 Å². The molecule has 5 heteroatoms. The molecule has 0 aliphatic heterocycles. The Morgan fingerprint density at radius 1 is 1.53 bits per heavy atom. The van der Waals surface area contributed by atoms with Gasteiger partial charge in [-0.05, 0) is 9.99 Å². The third-order valence-corrected chi connectivity index (χ3v) is 1.79. The van der Waals surface area contributed by atoms with Crippen molar-refractivity contribution in [2.75, 3.05) is 6.61 Å². The van der Waals surface area contributed by atoms with Gasteiger partial charge in [0.1, 0.15) is 6.61 Å². The van der Waals surface area contributed by atoms with E-state index in [1.165, 1.54) is 0 Å². The smallest absolute Gasteiger partial charge is 0.429 e. The van der Waals surface area contributed by atoms with E-state index in [1.807, 2.05) is 28.7 Å². The summed E-state index contributed by atoms with van der Waals surface area (Å²) < 4.78 is 12.0. The Morgan fingerprint density at radius 3 is 3.07 bits per heavy atom. The third kappa shape index (κ3) is 5.22. The van der Waals surface area contributed by atoms with Gasteiger partial charge in [-0.2, -0.15) is 0 Å². The summed E-state index contributed by atoms with van der Waals surface area (Å²) in [6.07, 6.45) is 2.55. The Labute approximate surface area is 101 Å². The van der Waals surface area contributed by atoms with E-state index in [4.69, 9.17) is 4.74 Å². The van der Waals surface area contributed by atoms with E-state index in [-0.39, 0.29) is 13.2 Å². The highest BCUT2D eigenvalue weighted by Gasteiger charge is 2.02. The van der Waals surface area contributed by atoms with Gasteiger partial charge >= 0.3 is 6.16 Å². The number of hydrogen-bond acceptors (Lipinski definition) is 4. The quantitative estimate of drug-likeness (QED) is 0.487. The van der Waals surface area contributed by atoms with Gasteiger partial charge in [-0.1, -0.05) is 12.0 Å². The normalized spacial score (nSPS) is 8.60. The molecule has 78 valence electrons. The lowest BCUT2D eigenvalue weighted by Gasteiger charge is -2.03. The average Bonchev–Trinajstić information content (AvgIpc) is 2.28. The van der Waals surface area contributed by atoms with Crippen molar-refractivity contribution < 1.29 is 14.3 Å². The summed E-state index contributed by atoms with van der Waals surface area (Å²) in [6, 6.07) is 3.58. The molecule has 0 radical (unpaired) electrons. The Kier molecular flexibility index (Phi) is 5.55. The predicted octanol–water partition coefficient (Wildman–Crippen LogP) is 2.13. The van der Waals surface area contributed by atoms with Gasteiger partial charge in [-0.15, -0.1) is 0 Å². The SMILES string of the molecule is O=C(OCC#CI)OCc1cccnc1. The fraction of sp³-hybridized carbons (Fsp3) is 0.200. The molecule has 0 bridgehead atoms. The minimum absolute atomic E-state index is 0.0504. The summed E-state index contributed by atoms with van der Waals surface area (Å²) in [5.41, 5.74) is 0.814. The van der Waals surface area contributed by atoms with Crippen molar-refractivity contribution in [3.63, 3.8) is 0 Å². The van der Waals surface area contributed by atoms with Gasteiger partial charge in [0.05, 0.1) is 0 Å².